The molecule has 1 aliphatic heterocycles. The average Bonchev–Trinajstić information content (AvgIpc) is 2.28. The van der Waals surface area contributed by atoms with Crippen molar-refractivity contribution in [2.24, 2.45) is 0 Å². The van der Waals surface area contributed by atoms with E-state index in [1.54, 1.807) is 12.1 Å². The molecule has 0 spiro atoms. The number of anilines is 2. The number of nitrogens with one attached hydrogen (secondary N) is 1. The summed E-state index contributed by atoms with van der Waals surface area (Å²) in [7, 11) is 1.84. The summed E-state index contributed by atoms with van der Waals surface area (Å²) in [5.74, 6) is -1.09. The lowest BCUT2D eigenvalue weighted by Gasteiger charge is -2.34. The van der Waals surface area contributed by atoms with Gasteiger partial charge in [0.15, 0.2) is 0 Å². The fourth-order valence-electron chi connectivity index (χ4n) is 2.10. The van der Waals surface area contributed by atoms with E-state index in [4.69, 9.17) is 5.11 Å². The Kier molecular flexibility index (Phi) is 2.75. The van der Waals surface area contributed by atoms with Gasteiger partial charge in [0.2, 0.25) is 5.91 Å². The van der Waals surface area contributed by atoms with Crippen LogP contribution in [0.3, 0.4) is 0 Å². The van der Waals surface area contributed by atoms with Gasteiger partial charge in [0, 0.05) is 7.05 Å². The van der Waals surface area contributed by atoms with Crippen molar-refractivity contribution in [2.45, 2.75) is 19.4 Å². The van der Waals surface area contributed by atoms with Crippen LogP contribution in [0.1, 0.15) is 23.7 Å². The summed E-state index contributed by atoms with van der Waals surface area (Å²) in [5.41, 5.74) is 1.58. The molecule has 1 aliphatic rings. The first-order chi connectivity index (χ1) is 8.04. The average molecular weight is 234 g/mol. The molecule has 0 radical (unpaired) electrons. The molecule has 0 saturated carbocycles. The molecule has 1 aromatic rings. The van der Waals surface area contributed by atoms with Crippen LogP contribution in [-0.2, 0) is 4.79 Å². The van der Waals surface area contributed by atoms with Gasteiger partial charge in [-0.05, 0) is 24.6 Å². The van der Waals surface area contributed by atoms with Gasteiger partial charge in [-0.15, -0.1) is 0 Å². The molecule has 1 heterocycles. The van der Waals surface area contributed by atoms with Crippen molar-refractivity contribution < 1.29 is 14.7 Å². The fourth-order valence-corrected chi connectivity index (χ4v) is 2.10. The van der Waals surface area contributed by atoms with Crippen LogP contribution in [0.25, 0.3) is 0 Å². The molecule has 2 N–H and O–H groups in total. The zero-order valence-corrected chi connectivity index (χ0v) is 9.73. The van der Waals surface area contributed by atoms with Crippen LogP contribution in [-0.4, -0.2) is 30.1 Å². The van der Waals surface area contributed by atoms with Crippen molar-refractivity contribution in [1.29, 1.82) is 0 Å². The second-order valence-corrected chi connectivity index (χ2v) is 4.06. The lowest BCUT2D eigenvalue weighted by molar-refractivity contribution is -0.117. The standard InChI is InChI=1S/C12H14N2O3/c1-3-9-11(15)13-8-6-7(12(16)17)4-5-10(8)14(9)2/h4-6,9H,3H2,1-2H3,(H,13,15)(H,16,17). The summed E-state index contributed by atoms with van der Waals surface area (Å²) < 4.78 is 0. The van der Waals surface area contributed by atoms with Crippen LogP contribution < -0.4 is 10.2 Å². The lowest BCUT2D eigenvalue weighted by Crippen LogP contribution is -2.45. The Labute approximate surface area is 99.0 Å². The summed E-state index contributed by atoms with van der Waals surface area (Å²) in [5, 5.41) is 11.6. The lowest BCUT2D eigenvalue weighted by atomic mass is 10.1. The van der Waals surface area contributed by atoms with Crippen LogP contribution in [0.5, 0.6) is 0 Å². The predicted octanol–water partition coefficient (Wildman–Crippen LogP) is 1.55. The number of carbonyl (C=O) groups is 2. The second kappa shape index (κ2) is 4.08. The Bertz CT molecular complexity index is 485. The van der Waals surface area contributed by atoms with Crippen molar-refractivity contribution in [3.8, 4) is 0 Å². The van der Waals surface area contributed by atoms with E-state index in [2.05, 4.69) is 5.32 Å². The van der Waals surface area contributed by atoms with Crippen LogP contribution in [0.2, 0.25) is 0 Å². The molecule has 17 heavy (non-hydrogen) atoms. The van der Waals surface area contributed by atoms with Crippen LogP contribution in [0.15, 0.2) is 18.2 Å². The van der Waals surface area contributed by atoms with Crippen molar-refractivity contribution >= 4 is 23.3 Å². The Morgan fingerprint density at radius 1 is 1.53 bits per heavy atom. The Hall–Kier alpha value is -2.04. The molecule has 0 aromatic heterocycles. The minimum absolute atomic E-state index is 0.0926. The molecule has 0 fully saturated rings. The molecular formula is C12H14N2O3. The molecule has 90 valence electrons. The van der Waals surface area contributed by atoms with Gasteiger partial charge in [-0.1, -0.05) is 6.92 Å². The van der Waals surface area contributed by atoms with Gasteiger partial charge in [0.25, 0.3) is 0 Å². The number of fused-ring (bicyclic) bond motifs is 1. The predicted molar refractivity (Wildman–Crippen MR) is 64.5 cm³/mol. The van der Waals surface area contributed by atoms with Crippen molar-refractivity contribution in [3.05, 3.63) is 23.8 Å². The van der Waals surface area contributed by atoms with E-state index in [0.29, 0.717) is 12.1 Å². The molecule has 2 rings (SSSR count). The van der Waals surface area contributed by atoms with Gasteiger partial charge < -0.3 is 15.3 Å². The van der Waals surface area contributed by atoms with Gasteiger partial charge in [-0.3, -0.25) is 4.79 Å². The molecule has 1 aromatic carbocycles. The summed E-state index contributed by atoms with van der Waals surface area (Å²) >= 11 is 0. The Balaban J connectivity index is 2.45. The van der Waals surface area contributed by atoms with Gasteiger partial charge >= 0.3 is 5.97 Å². The van der Waals surface area contributed by atoms with Crippen molar-refractivity contribution in [3.63, 3.8) is 0 Å². The number of nitrogens with zero attached hydrogens (tertiary/aromatic N) is 1. The van der Waals surface area contributed by atoms with Crippen LogP contribution >= 0.6 is 0 Å². The number of hydrogen-bond acceptors (Lipinski definition) is 3. The molecular weight excluding hydrogens is 220 g/mol. The van der Waals surface area contributed by atoms with Crippen molar-refractivity contribution in [2.75, 3.05) is 17.3 Å². The van der Waals surface area contributed by atoms with E-state index in [1.807, 2.05) is 18.9 Å². The van der Waals surface area contributed by atoms with Crippen molar-refractivity contribution in [1.82, 2.24) is 0 Å². The highest BCUT2D eigenvalue weighted by Gasteiger charge is 2.29. The largest absolute Gasteiger partial charge is 0.478 e. The molecule has 5 nitrogen and oxygen atoms in total. The molecule has 1 atom stereocenters. The van der Waals surface area contributed by atoms with E-state index in [9.17, 15) is 9.59 Å². The van der Waals surface area contributed by atoms with E-state index in [-0.39, 0.29) is 17.5 Å². The molecule has 1 unspecified atom stereocenters. The highest BCUT2D eigenvalue weighted by molar-refractivity contribution is 6.04. The normalized spacial score (nSPS) is 18.6. The number of benzene rings is 1. The molecule has 1 amide bonds. The van der Waals surface area contributed by atoms with Gasteiger partial charge in [0.05, 0.1) is 16.9 Å². The molecule has 0 saturated heterocycles. The third kappa shape index (κ3) is 1.84. The maximum atomic E-state index is 11.8. The van der Waals surface area contributed by atoms with Gasteiger partial charge in [0.1, 0.15) is 6.04 Å². The minimum Gasteiger partial charge on any atom is -0.478 e. The summed E-state index contributed by atoms with van der Waals surface area (Å²) in [4.78, 5) is 24.5. The number of carbonyl (C=O) groups excluding carboxylic acids is 1. The SMILES string of the molecule is CCC1C(=O)Nc2cc(C(=O)O)ccc2N1C. The maximum Gasteiger partial charge on any atom is 0.335 e. The third-order valence-corrected chi connectivity index (χ3v) is 3.04. The first-order valence-electron chi connectivity index (χ1n) is 5.45. The molecule has 0 aliphatic carbocycles. The zero-order chi connectivity index (χ0) is 12.6. The maximum absolute atomic E-state index is 11.8. The monoisotopic (exact) mass is 234 g/mol. The second-order valence-electron chi connectivity index (χ2n) is 4.06. The number of carboxylic acids is 1. The van der Waals surface area contributed by atoms with Gasteiger partial charge in [-0.2, -0.15) is 0 Å². The first kappa shape index (κ1) is 11.4. The first-order valence-corrected chi connectivity index (χ1v) is 5.45. The number of aromatic carboxylic acids is 1. The summed E-state index contributed by atoms with van der Waals surface area (Å²) in [6.07, 6.45) is 0.711. The van der Waals surface area contributed by atoms with Crippen LogP contribution in [0, 0.1) is 0 Å². The quantitative estimate of drug-likeness (QED) is 0.814. The minimum atomic E-state index is -0.998. The fraction of sp³-hybridized carbons (Fsp3) is 0.333. The Morgan fingerprint density at radius 2 is 2.24 bits per heavy atom. The molecule has 0 bridgehead atoms. The number of likely N-dealkylation sites (N-methyl/N-ethyl adjacent to an activating group) is 1. The van der Waals surface area contributed by atoms with Crippen LogP contribution in [0.4, 0.5) is 11.4 Å². The highest BCUT2D eigenvalue weighted by Crippen LogP contribution is 2.32. The van der Waals surface area contributed by atoms with E-state index < -0.39 is 5.97 Å². The number of carboxylic acid groups (broad SMARTS) is 1. The van der Waals surface area contributed by atoms with E-state index >= 15 is 0 Å². The highest BCUT2D eigenvalue weighted by atomic mass is 16.4. The third-order valence-electron chi connectivity index (χ3n) is 3.04. The van der Waals surface area contributed by atoms with Gasteiger partial charge in [-0.25, -0.2) is 4.79 Å². The summed E-state index contributed by atoms with van der Waals surface area (Å²) in [6, 6.07) is 4.55. The summed E-state index contributed by atoms with van der Waals surface area (Å²) in [6.45, 7) is 1.94. The van der Waals surface area contributed by atoms with E-state index in [0.717, 1.165) is 5.69 Å². The number of rotatable bonds is 2. The molecule has 5 heteroatoms. The smallest absolute Gasteiger partial charge is 0.335 e. The number of hydrogen-bond donors (Lipinski definition) is 2. The topological polar surface area (TPSA) is 69.6 Å². The number of amides is 1. The zero-order valence-electron chi connectivity index (χ0n) is 9.73. The Morgan fingerprint density at radius 3 is 2.82 bits per heavy atom. The van der Waals surface area contributed by atoms with E-state index in [1.165, 1.54) is 6.07 Å².